The minimum atomic E-state index is -0.331. The van der Waals surface area contributed by atoms with Crippen LogP contribution in [-0.4, -0.2) is 36.8 Å². The Labute approximate surface area is 172 Å². The number of nitrogens with zero attached hydrogens (tertiary/aromatic N) is 4. The normalized spacial score (nSPS) is 11.1. The number of carbonyl (C=O) groups is 1. The summed E-state index contributed by atoms with van der Waals surface area (Å²) in [6.45, 7) is 3.06. The molecule has 1 aromatic carbocycles. The zero-order valence-electron chi connectivity index (χ0n) is 16.5. The number of nitrogens with two attached hydrogens (primary N) is 1. The number of imidazole rings is 1. The molecule has 30 heavy (non-hydrogen) atoms. The van der Waals surface area contributed by atoms with Crippen LogP contribution in [0.25, 0.3) is 28.0 Å². The van der Waals surface area contributed by atoms with Crippen molar-refractivity contribution < 1.29 is 9.53 Å². The Morgan fingerprint density at radius 1 is 1.30 bits per heavy atom. The van der Waals surface area contributed by atoms with E-state index in [0.29, 0.717) is 37.4 Å². The van der Waals surface area contributed by atoms with E-state index in [4.69, 9.17) is 10.5 Å². The third kappa shape index (κ3) is 3.95. The number of aryl methyl sites for hydroxylation is 1. The summed E-state index contributed by atoms with van der Waals surface area (Å²) in [6, 6.07) is 7.36. The van der Waals surface area contributed by atoms with Gasteiger partial charge in [0.1, 0.15) is 11.6 Å². The van der Waals surface area contributed by atoms with E-state index in [9.17, 15) is 9.59 Å². The number of primary amides is 1. The Bertz CT molecular complexity index is 1250. The SMILES string of the molecule is CCOc1ccc2[nH]c(=O)c(-c3nccn3-c3cnn(CCCC(N)=O)c3)cc2c1. The van der Waals surface area contributed by atoms with Gasteiger partial charge in [0.25, 0.3) is 5.56 Å². The van der Waals surface area contributed by atoms with Crippen molar-refractivity contribution in [2.24, 2.45) is 5.73 Å². The lowest BCUT2D eigenvalue weighted by Gasteiger charge is -2.08. The molecule has 9 nitrogen and oxygen atoms in total. The fraction of sp³-hybridized carbons (Fsp3) is 0.238. The second-order valence-electron chi connectivity index (χ2n) is 6.85. The number of benzene rings is 1. The molecule has 9 heteroatoms. The number of hydrogen-bond acceptors (Lipinski definition) is 5. The van der Waals surface area contributed by atoms with Crippen molar-refractivity contribution in [1.82, 2.24) is 24.3 Å². The van der Waals surface area contributed by atoms with Crippen molar-refractivity contribution in [2.45, 2.75) is 26.3 Å². The quantitative estimate of drug-likeness (QED) is 0.465. The minimum Gasteiger partial charge on any atom is -0.494 e. The molecule has 0 fully saturated rings. The van der Waals surface area contributed by atoms with Gasteiger partial charge in [-0.3, -0.25) is 18.8 Å². The first-order valence-corrected chi connectivity index (χ1v) is 9.70. The molecule has 154 valence electrons. The highest BCUT2D eigenvalue weighted by molar-refractivity contribution is 5.84. The lowest BCUT2D eigenvalue weighted by atomic mass is 10.1. The highest BCUT2D eigenvalue weighted by atomic mass is 16.5. The number of amides is 1. The number of aromatic nitrogens is 5. The van der Waals surface area contributed by atoms with E-state index < -0.39 is 0 Å². The van der Waals surface area contributed by atoms with Crippen LogP contribution in [-0.2, 0) is 11.3 Å². The summed E-state index contributed by atoms with van der Waals surface area (Å²) in [6.07, 6.45) is 7.87. The maximum Gasteiger partial charge on any atom is 0.259 e. The molecule has 0 atom stereocenters. The topological polar surface area (TPSA) is 121 Å². The van der Waals surface area contributed by atoms with Crippen molar-refractivity contribution in [2.75, 3.05) is 6.61 Å². The molecule has 0 saturated heterocycles. The number of pyridine rings is 1. The molecule has 3 heterocycles. The molecule has 0 radical (unpaired) electrons. The molecule has 0 bridgehead atoms. The van der Waals surface area contributed by atoms with Crippen LogP contribution in [0.5, 0.6) is 5.75 Å². The summed E-state index contributed by atoms with van der Waals surface area (Å²) < 4.78 is 9.11. The number of carbonyl (C=O) groups excluding carboxylic acids is 1. The number of rotatable bonds is 8. The number of hydrogen-bond donors (Lipinski definition) is 2. The van der Waals surface area contributed by atoms with Crippen LogP contribution in [0.1, 0.15) is 19.8 Å². The van der Waals surface area contributed by atoms with Gasteiger partial charge in [0.05, 0.1) is 24.1 Å². The summed E-state index contributed by atoms with van der Waals surface area (Å²) in [4.78, 5) is 30.9. The van der Waals surface area contributed by atoms with E-state index in [1.54, 1.807) is 27.8 Å². The highest BCUT2D eigenvalue weighted by Gasteiger charge is 2.14. The largest absolute Gasteiger partial charge is 0.494 e. The molecule has 0 aliphatic heterocycles. The van der Waals surface area contributed by atoms with Gasteiger partial charge in [0, 0.05) is 42.5 Å². The number of fused-ring (bicyclic) bond motifs is 1. The van der Waals surface area contributed by atoms with E-state index in [2.05, 4.69) is 15.1 Å². The minimum absolute atomic E-state index is 0.229. The van der Waals surface area contributed by atoms with Crippen molar-refractivity contribution >= 4 is 16.8 Å². The van der Waals surface area contributed by atoms with Crippen LogP contribution in [0.3, 0.4) is 0 Å². The molecule has 4 aromatic rings. The van der Waals surface area contributed by atoms with Crippen molar-refractivity contribution in [3.05, 3.63) is 59.4 Å². The van der Waals surface area contributed by atoms with E-state index in [1.807, 2.05) is 37.4 Å². The second-order valence-corrected chi connectivity index (χ2v) is 6.85. The standard InChI is InChI=1S/C21H22N6O3/c1-2-30-16-5-6-18-14(10-16)11-17(21(29)25-18)20-23-7-9-27(20)15-12-24-26(13-15)8-3-4-19(22)28/h5-7,9-13H,2-4,8H2,1H3,(H2,22,28)(H,25,29). The van der Waals surface area contributed by atoms with E-state index in [1.165, 1.54) is 0 Å². The number of H-pyrrole nitrogens is 1. The van der Waals surface area contributed by atoms with Gasteiger partial charge in [-0.05, 0) is 37.6 Å². The maximum atomic E-state index is 12.7. The van der Waals surface area contributed by atoms with Crippen LogP contribution < -0.4 is 16.0 Å². The molecule has 0 aliphatic carbocycles. The van der Waals surface area contributed by atoms with Gasteiger partial charge in [-0.2, -0.15) is 5.10 Å². The van der Waals surface area contributed by atoms with Gasteiger partial charge in [-0.1, -0.05) is 0 Å². The number of ether oxygens (including phenoxy) is 1. The number of aromatic amines is 1. The van der Waals surface area contributed by atoms with Crippen LogP contribution in [0.4, 0.5) is 0 Å². The Balaban J connectivity index is 1.68. The summed E-state index contributed by atoms with van der Waals surface area (Å²) >= 11 is 0. The van der Waals surface area contributed by atoms with Crippen molar-refractivity contribution in [3.63, 3.8) is 0 Å². The van der Waals surface area contributed by atoms with Crippen LogP contribution in [0, 0.1) is 0 Å². The van der Waals surface area contributed by atoms with Gasteiger partial charge in [-0.25, -0.2) is 4.98 Å². The first kappa shape index (κ1) is 19.4. The molecule has 3 N–H and O–H groups in total. The average Bonchev–Trinajstić information content (AvgIpc) is 3.37. The summed E-state index contributed by atoms with van der Waals surface area (Å²) in [5.41, 5.74) is 6.90. The lowest BCUT2D eigenvalue weighted by molar-refractivity contribution is -0.118. The van der Waals surface area contributed by atoms with Crippen molar-refractivity contribution in [3.8, 4) is 22.8 Å². The molecule has 3 aromatic heterocycles. The van der Waals surface area contributed by atoms with Crippen LogP contribution in [0.15, 0.2) is 53.8 Å². The third-order valence-electron chi connectivity index (χ3n) is 4.72. The highest BCUT2D eigenvalue weighted by Crippen LogP contribution is 2.24. The maximum absolute atomic E-state index is 12.7. The molecule has 0 saturated carbocycles. The molecule has 0 aliphatic rings. The van der Waals surface area contributed by atoms with E-state index in [0.717, 1.165) is 22.3 Å². The summed E-state index contributed by atoms with van der Waals surface area (Å²) in [5, 5.41) is 5.18. The van der Waals surface area contributed by atoms with E-state index >= 15 is 0 Å². The van der Waals surface area contributed by atoms with Gasteiger partial charge in [-0.15, -0.1) is 0 Å². The van der Waals surface area contributed by atoms with E-state index in [-0.39, 0.29) is 11.5 Å². The molecular weight excluding hydrogens is 384 g/mol. The fourth-order valence-corrected chi connectivity index (χ4v) is 3.33. The van der Waals surface area contributed by atoms with Crippen LogP contribution in [0.2, 0.25) is 0 Å². The zero-order chi connectivity index (χ0) is 21.1. The summed E-state index contributed by atoms with van der Waals surface area (Å²) in [5.74, 6) is 0.919. The molecule has 1 amide bonds. The molecular formula is C21H22N6O3. The lowest BCUT2D eigenvalue weighted by Crippen LogP contribution is -2.12. The van der Waals surface area contributed by atoms with Gasteiger partial charge in [0.2, 0.25) is 5.91 Å². The monoisotopic (exact) mass is 406 g/mol. The van der Waals surface area contributed by atoms with Gasteiger partial charge >= 0.3 is 0 Å². The van der Waals surface area contributed by atoms with Gasteiger partial charge in [0.15, 0.2) is 0 Å². The van der Waals surface area contributed by atoms with Crippen LogP contribution >= 0.6 is 0 Å². The van der Waals surface area contributed by atoms with Crippen molar-refractivity contribution in [1.29, 1.82) is 0 Å². The zero-order valence-corrected chi connectivity index (χ0v) is 16.5. The third-order valence-corrected chi connectivity index (χ3v) is 4.72. The Morgan fingerprint density at radius 3 is 2.97 bits per heavy atom. The average molecular weight is 406 g/mol. The second kappa shape index (κ2) is 8.24. The Morgan fingerprint density at radius 2 is 2.17 bits per heavy atom. The predicted octanol–water partition coefficient (Wildman–Crippen LogP) is 2.24. The predicted molar refractivity (Wildman–Crippen MR) is 113 cm³/mol. The Kier molecular flexibility index (Phi) is 5.34. The first-order chi connectivity index (χ1) is 14.5. The molecule has 0 spiro atoms. The number of nitrogens with one attached hydrogen (secondary N) is 1. The smallest absolute Gasteiger partial charge is 0.259 e. The fourth-order valence-electron chi connectivity index (χ4n) is 3.33. The molecule has 4 rings (SSSR count). The first-order valence-electron chi connectivity index (χ1n) is 9.70. The summed E-state index contributed by atoms with van der Waals surface area (Å²) in [7, 11) is 0. The van der Waals surface area contributed by atoms with Gasteiger partial charge < -0.3 is 15.5 Å². The Hall–Kier alpha value is -3.88. The molecule has 0 unspecified atom stereocenters.